The number of rotatable bonds is 3. The number of hydrogen-bond acceptors (Lipinski definition) is 4. The topological polar surface area (TPSA) is 45.2 Å². The minimum absolute atomic E-state index is 0.197. The van der Waals surface area contributed by atoms with Crippen molar-refractivity contribution in [3.05, 3.63) is 54.1 Å². The molecule has 2 aromatic carbocycles. The number of aromatic nitrogens is 1. The van der Waals surface area contributed by atoms with Crippen LogP contribution in [0.1, 0.15) is 18.4 Å². The number of nitrogens with one attached hydrogen (secondary N) is 1. The third-order valence-corrected chi connectivity index (χ3v) is 5.93. The Kier molecular flexibility index (Phi) is 4.97. The molecular formula is C20H18F3N3OS. The van der Waals surface area contributed by atoms with Gasteiger partial charge in [-0.05, 0) is 37.1 Å². The average molecular weight is 405 g/mol. The van der Waals surface area contributed by atoms with Crippen LogP contribution in [0.2, 0.25) is 0 Å². The van der Waals surface area contributed by atoms with Gasteiger partial charge in [0.2, 0.25) is 5.91 Å². The summed E-state index contributed by atoms with van der Waals surface area (Å²) < 4.78 is 40.6. The normalized spacial score (nSPS) is 17.7. The molecule has 0 saturated carbocycles. The van der Waals surface area contributed by atoms with Crippen LogP contribution in [0.25, 0.3) is 10.2 Å². The number of piperidine rings is 1. The van der Waals surface area contributed by atoms with E-state index in [0.717, 1.165) is 34.4 Å². The second-order valence-electron chi connectivity index (χ2n) is 6.78. The summed E-state index contributed by atoms with van der Waals surface area (Å²) in [5.41, 5.74) is -0.118. The summed E-state index contributed by atoms with van der Waals surface area (Å²) in [7, 11) is 0. The van der Waals surface area contributed by atoms with Crippen LogP contribution in [-0.4, -0.2) is 24.0 Å². The molecule has 0 spiro atoms. The minimum atomic E-state index is -4.51. The molecule has 1 saturated heterocycles. The van der Waals surface area contributed by atoms with Gasteiger partial charge in [0.15, 0.2) is 5.13 Å². The van der Waals surface area contributed by atoms with Gasteiger partial charge in [0.25, 0.3) is 0 Å². The highest BCUT2D eigenvalue weighted by Crippen LogP contribution is 2.35. The Morgan fingerprint density at radius 1 is 1.14 bits per heavy atom. The number of thiazole rings is 1. The van der Waals surface area contributed by atoms with Crippen LogP contribution in [0.15, 0.2) is 48.5 Å². The molecule has 1 aliphatic heterocycles. The van der Waals surface area contributed by atoms with Gasteiger partial charge in [-0.1, -0.05) is 35.6 Å². The highest BCUT2D eigenvalue weighted by molar-refractivity contribution is 7.22. The van der Waals surface area contributed by atoms with Crippen molar-refractivity contribution >= 4 is 38.3 Å². The van der Waals surface area contributed by atoms with Crippen LogP contribution in [-0.2, 0) is 11.0 Å². The number of anilines is 2. The van der Waals surface area contributed by atoms with Crippen molar-refractivity contribution in [2.24, 2.45) is 5.92 Å². The Balaban J connectivity index is 1.50. The summed E-state index contributed by atoms with van der Waals surface area (Å²) in [6.45, 7) is 1.22. The van der Waals surface area contributed by atoms with Crippen molar-refractivity contribution in [3.8, 4) is 0 Å². The highest BCUT2D eigenvalue weighted by atomic mass is 32.1. The molecule has 1 aromatic heterocycles. The van der Waals surface area contributed by atoms with Gasteiger partial charge in [0.05, 0.1) is 27.4 Å². The maximum Gasteiger partial charge on any atom is 0.418 e. The number of halogens is 3. The predicted molar refractivity (Wildman–Crippen MR) is 105 cm³/mol. The Morgan fingerprint density at radius 3 is 2.68 bits per heavy atom. The van der Waals surface area contributed by atoms with Crippen molar-refractivity contribution in [2.45, 2.75) is 19.0 Å². The standard InChI is InChI=1S/C20H18F3N3OS/c21-20(22,23)14-7-1-2-8-15(14)24-18(27)13-6-5-11-26(12-13)19-25-16-9-3-4-10-17(16)28-19/h1-4,7-10,13H,5-6,11-12H2,(H,24,27). The maximum atomic E-state index is 13.2. The molecule has 1 N–H and O–H groups in total. The van der Waals surface area contributed by atoms with E-state index in [2.05, 4.69) is 10.3 Å². The summed E-state index contributed by atoms with van der Waals surface area (Å²) in [5, 5.41) is 3.32. The van der Waals surface area contributed by atoms with E-state index >= 15 is 0 Å². The Labute approximate surface area is 164 Å². The highest BCUT2D eigenvalue weighted by Gasteiger charge is 2.34. The van der Waals surface area contributed by atoms with E-state index in [0.29, 0.717) is 13.0 Å². The first-order valence-electron chi connectivity index (χ1n) is 8.99. The van der Waals surface area contributed by atoms with E-state index < -0.39 is 11.7 Å². The average Bonchev–Trinajstić information content (AvgIpc) is 3.12. The molecule has 0 radical (unpaired) electrons. The number of benzene rings is 2. The third kappa shape index (κ3) is 3.82. The maximum absolute atomic E-state index is 13.2. The van der Waals surface area contributed by atoms with Gasteiger partial charge in [0, 0.05) is 13.1 Å². The van der Waals surface area contributed by atoms with Crippen LogP contribution in [0.5, 0.6) is 0 Å². The first kappa shape index (κ1) is 18.7. The van der Waals surface area contributed by atoms with Crippen LogP contribution in [0.4, 0.5) is 24.0 Å². The fraction of sp³-hybridized carbons (Fsp3) is 0.300. The second kappa shape index (κ2) is 7.43. The van der Waals surface area contributed by atoms with Crippen molar-refractivity contribution in [2.75, 3.05) is 23.3 Å². The number of alkyl halides is 3. The lowest BCUT2D eigenvalue weighted by molar-refractivity contribution is -0.137. The molecule has 1 aliphatic rings. The molecule has 3 aromatic rings. The lowest BCUT2D eigenvalue weighted by Gasteiger charge is -2.31. The van der Waals surface area contributed by atoms with Crippen LogP contribution in [0, 0.1) is 5.92 Å². The zero-order chi connectivity index (χ0) is 19.7. The van der Waals surface area contributed by atoms with Crippen LogP contribution >= 0.6 is 11.3 Å². The number of carbonyl (C=O) groups is 1. The fourth-order valence-corrected chi connectivity index (χ4v) is 4.43. The number of amides is 1. The van der Waals surface area contributed by atoms with Crippen LogP contribution < -0.4 is 10.2 Å². The van der Waals surface area contributed by atoms with E-state index in [1.165, 1.54) is 18.2 Å². The molecule has 1 fully saturated rings. The zero-order valence-electron chi connectivity index (χ0n) is 14.9. The molecule has 8 heteroatoms. The van der Waals surface area contributed by atoms with Crippen molar-refractivity contribution in [1.29, 1.82) is 0 Å². The predicted octanol–water partition coefficient (Wildman–Crippen LogP) is 5.17. The lowest BCUT2D eigenvalue weighted by Crippen LogP contribution is -2.40. The molecule has 2 heterocycles. The number of hydrogen-bond donors (Lipinski definition) is 1. The summed E-state index contributed by atoms with van der Waals surface area (Å²) >= 11 is 1.56. The van der Waals surface area contributed by atoms with Crippen molar-refractivity contribution in [3.63, 3.8) is 0 Å². The van der Waals surface area contributed by atoms with Gasteiger partial charge >= 0.3 is 6.18 Å². The van der Waals surface area contributed by atoms with E-state index in [1.54, 1.807) is 11.3 Å². The largest absolute Gasteiger partial charge is 0.418 e. The van der Waals surface area contributed by atoms with E-state index in [-0.39, 0.29) is 17.5 Å². The molecular weight excluding hydrogens is 387 g/mol. The molecule has 1 atom stereocenters. The van der Waals surface area contributed by atoms with E-state index in [1.807, 2.05) is 29.2 Å². The SMILES string of the molecule is O=C(Nc1ccccc1C(F)(F)F)C1CCCN(c2nc3ccccc3s2)C1. The molecule has 0 bridgehead atoms. The van der Waals surface area contributed by atoms with Gasteiger partial charge in [-0.2, -0.15) is 13.2 Å². The summed E-state index contributed by atoms with van der Waals surface area (Å²) in [4.78, 5) is 19.3. The Morgan fingerprint density at radius 2 is 1.89 bits per heavy atom. The summed E-state index contributed by atoms with van der Waals surface area (Å²) in [6, 6.07) is 12.9. The van der Waals surface area contributed by atoms with Crippen molar-refractivity contribution in [1.82, 2.24) is 4.98 Å². The number of nitrogens with zero attached hydrogens (tertiary/aromatic N) is 2. The van der Waals surface area contributed by atoms with Gasteiger partial charge in [-0.15, -0.1) is 0 Å². The summed E-state index contributed by atoms with van der Waals surface area (Å²) in [6.07, 6.45) is -3.08. The molecule has 4 nitrogen and oxygen atoms in total. The Hall–Kier alpha value is -2.61. The number of carbonyl (C=O) groups excluding carboxylic acids is 1. The van der Waals surface area contributed by atoms with E-state index in [4.69, 9.17) is 0 Å². The monoisotopic (exact) mass is 405 g/mol. The smallest absolute Gasteiger partial charge is 0.347 e. The molecule has 4 rings (SSSR count). The molecule has 0 aliphatic carbocycles. The number of para-hydroxylation sites is 2. The van der Waals surface area contributed by atoms with Crippen molar-refractivity contribution < 1.29 is 18.0 Å². The van der Waals surface area contributed by atoms with Gasteiger partial charge in [-0.3, -0.25) is 4.79 Å². The van der Waals surface area contributed by atoms with Gasteiger partial charge in [-0.25, -0.2) is 4.98 Å². The first-order valence-corrected chi connectivity index (χ1v) is 9.81. The zero-order valence-corrected chi connectivity index (χ0v) is 15.7. The molecule has 1 unspecified atom stereocenters. The fourth-order valence-electron chi connectivity index (χ4n) is 3.43. The quantitative estimate of drug-likeness (QED) is 0.654. The first-order chi connectivity index (χ1) is 13.4. The summed E-state index contributed by atoms with van der Waals surface area (Å²) in [5.74, 6) is -0.774. The van der Waals surface area contributed by atoms with Crippen LogP contribution in [0.3, 0.4) is 0 Å². The Bertz CT molecular complexity index is 969. The minimum Gasteiger partial charge on any atom is -0.347 e. The second-order valence-corrected chi connectivity index (χ2v) is 7.79. The van der Waals surface area contributed by atoms with Gasteiger partial charge in [0.1, 0.15) is 0 Å². The molecule has 28 heavy (non-hydrogen) atoms. The molecule has 146 valence electrons. The third-order valence-electron chi connectivity index (χ3n) is 4.84. The van der Waals surface area contributed by atoms with Gasteiger partial charge < -0.3 is 10.2 Å². The van der Waals surface area contributed by atoms with E-state index in [9.17, 15) is 18.0 Å². The lowest BCUT2D eigenvalue weighted by atomic mass is 9.97. The molecule has 1 amide bonds. The number of fused-ring (bicyclic) bond motifs is 1.